The van der Waals surface area contributed by atoms with E-state index in [9.17, 15) is 23.5 Å². The first-order valence-electron chi connectivity index (χ1n) is 8.50. The number of aliphatic hydroxyl groups excluding tert-OH is 1. The Morgan fingerprint density at radius 3 is 2.25 bits per heavy atom. The first-order chi connectivity index (χ1) is 11.1. The molecule has 0 bridgehead atoms. The van der Waals surface area contributed by atoms with Crippen LogP contribution in [0.4, 0.5) is 8.78 Å². The number of methoxy groups -OCH3 is 1. The van der Waals surface area contributed by atoms with Crippen molar-refractivity contribution in [2.75, 3.05) is 14.2 Å². The molecule has 0 aliphatic heterocycles. The van der Waals surface area contributed by atoms with Crippen LogP contribution in [-0.2, 0) is 14.3 Å². The summed E-state index contributed by atoms with van der Waals surface area (Å²) in [4.78, 5) is 24.7. The van der Waals surface area contributed by atoms with Gasteiger partial charge in [-0.3, -0.25) is 4.79 Å². The fraction of sp³-hybridized carbons (Fsp3) is 0.882. The lowest BCUT2D eigenvalue weighted by molar-refractivity contribution is -0.179. The minimum atomic E-state index is -3.93. The van der Waals surface area contributed by atoms with E-state index in [1.54, 1.807) is 0 Å². The van der Waals surface area contributed by atoms with Gasteiger partial charge in [0.2, 0.25) is 0 Å². The van der Waals surface area contributed by atoms with Gasteiger partial charge in [-0.2, -0.15) is 8.78 Å². The standard InChI is InChI=1S/C17H31F2NO4/c1-6-7-8-9-10-14(21)17(18,19)16(23)20(4)13(11-12(2)3)15(22)24-5/h12-14,21H,6-11H2,1-5H3/t13-,14?/m0/s1. The van der Waals surface area contributed by atoms with Crippen LogP contribution >= 0.6 is 0 Å². The van der Waals surface area contributed by atoms with Gasteiger partial charge in [0.25, 0.3) is 5.91 Å². The number of carbonyl (C=O) groups is 2. The van der Waals surface area contributed by atoms with Gasteiger partial charge in [0, 0.05) is 7.05 Å². The summed E-state index contributed by atoms with van der Waals surface area (Å²) in [6.07, 6.45) is 0.994. The van der Waals surface area contributed by atoms with E-state index in [4.69, 9.17) is 0 Å². The van der Waals surface area contributed by atoms with Crippen molar-refractivity contribution < 1.29 is 28.2 Å². The molecule has 0 rings (SSSR count). The zero-order chi connectivity index (χ0) is 18.9. The molecule has 1 N–H and O–H groups in total. The second-order valence-corrected chi connectivity index (χ2v) is 6.57. The Morgan fingerprint density at radius 1 is 1.21 bits per heavy atom. The lowest BCUT2D eigenvalue weighted by Gasteiger charge is -2.32. The number of unbranched alkanes of at least 4 members (excludes halogenated alkanes) is 3. The molecular formula is C17H31F2NO4. The van der Waals surface area contributed by atoms with Crippen LogP contribution in [0.1, 0.15) is 59.3 Å². The van der Waals surface area contributed by atoms with E-state index in [0.717, 1.165) is 33.4 Å². The second kappa shape index (κ2) is 10.6. The highest BCUT2D eigenvalue weighted by atomic mass is 19.3. The molecule has 0 aliphatic carbocycles. The quantitative estimate of drug-likeness (QED) is 0.459. The largest absolute Gasteiger partial charge is 0.467 e. The minimum Gasteiger partial charge on any atom is -0.467 e. The first-order valence-corrected chi connectivity index (χ1v) is 8.50. The molecule has 0 radical (unpaired) electrons. The molecule has 0 spiro atoms. The summed E-state index contributed by atoms with van der Waals surface area (Å²) in [5, 5.41) is 9.74. The minimum absolute atomic E-state index is 0.0111. The number of halogens is 2. The lowest BCUT2D eigenvalue weighted by atomic mass is 10.00. The summed E-state index contributed by atoms with van der Waals surface area (Å²) in [6.45, 7) is 5.62. The molecule has 24 heavy (non-hydrogen) atoms. The van der Waals surface area contributed by atoms with Gasteiger partial charge in [0.1, 0.15) is 12.1 Å². The van der Waals surface area contributed by atoms with Crippen LogP contribution in [0.3, 0.4) is 0 Å². The molecule has 0 aliphatic rings. The summed E-state index contributed by atoms with van der Waals surface area (Å²) in [7, 11) is 2.29. The molecule has 1 unspecified atom stereocenters. The third-order valence-corrected chi connectivity index (χ3v) is 3.99. The van der Waals surface area contributed by atoms with Gasteiger partial charge >= 0.3 is 11.9 Å². The molecule has 0 aromatic carbocycles. The second-order valence-electron chi connectivity index (χ2n) is 6.57. The molecular weight excluding hydrogens is 320 g/mol. The number of alkyl halides is 2. The number of amides is 1. The van der Waals surface area contributed by atoms with Crippen molar-refractivity contribution in [1.29, 1.82) is 0 Å². The molecule has 0 aromatic heterocycles. The zero-order valence-corrected chi connectivity index (χ0v) is 15.3. The van der Waals surface area contributed by atoms with Crippen molar-refractivity contribution in [3.05, 3.63) is 0 Å². The van der Waals surface area contributed by atoms with Crippen LogP contribution < -0.4 is 0 Å². The monoisotopic (exact) mass is 351 g/mol. The smallest absolute Gasteiger partial charge is 0.349 e. The van der Waals surface area contributed by atoms with Gasteiger partial charge in [-0.15, -0.1) is 0 Å². The predicted molar refractivity (Wildman–Crippen MR) is 87.7 cm³/mol. The van der Waals surface area contributed by atoms with Crippen LogP contribution in [0.5, 0.6) is 0 Å². The van der Waals surface area contributed by atoms with Gasteiger partial charge in [-0.25, -0.2) is 4.79 Å². The number of ether oxygens (including phenoxy) is 1. The normalized spacial score (nSPS) is 14.4. The maximum atomic E-state index is 14.2. The van der Waals surface area contributed by atoms with Crippen LogP contribution in [0.25, 0.3) is 0 Å². The number of hydrogen-bond donors (Lipinski definition) is 1. The number of carbonyl (C=O) groups excluding carboxylic acids is 2. The summed E-state index contributed by atoms with van der Waals surface area (Å²) >= 11 is 0. The van der Waals surface area contributed by atoms with E-state index in [1.165, 1.54) is 0 Å². The number of aliphatic hydroxyl groups is 1. The number of esters is 1. The molecule has 0 aromatic rings. The molecule has 2 atom stereocenters. The third-order valence-electron chi connectivity index (χ3n) is 3.99. The van der Waals surface area contributed by atoms with Crippen molar-refractivity contribution in [1.82, 2.24) is 4.90 Å². The van der Waals surface area contributed by atoms with Crippen molar-refractivity contribution in [3.8, 4) is 0 Å². The average molecular weight is 351 g/mol. The topological polar surface area (TPSA) is 66.8 Å². The number of hydrogen-bond acceptors (Lipinski definition) is 4. The van der Waals surface area contributed by atoms with Crippen LogP contribution in [-0.4, -0.2) is 54.1 Å². The summed E-state index contributed by atoms with van der Waals surface area (Å²) < 4.78 is 33.1. The van der Waals surface area contributed by atoms with Gasteiger partial charge in [0.15, 0.2) is 0 Å². The fourth-order valence-electron chi connectivity index (χ4n) is 2.46. The summed E-state index contributed by atoms with van der Waals surface area (Å²) in [6, 6.07) is -1.10. The molecule has 0 saturated heterocycles. The summed E-state index contributed by atoms with van der Waals surface area (Å²) in [5.74, 6) is -6.21. The van der Waals surface area contributed by atoms with Crippen molar-refractivity contribution in [3.63, 3.8) is 0 Å². The highest BCUT2D eigenvalue weighted by Gasteiger charge is 2.49. The molecule has 142 valence electrons. The van der Waals surface area contributed by atoms with Crippen LogP contribution in [0, 0.1) is 5.92 Å². The van der Waals surface area contributed by atoms with E-state index in [1.807, 2.05) is 20.8 Å². The van der Waals surface area contributed by atoms with Crippen molar-refractivity contribution in [2.45, 2.75) is 77.4 Å². The Bertz CT molecular complexity index is 402. The Balaban J connectivity index is 4.99. The fourth-order valence-corrected chi connectivity index (χ4v) is 2.46. The number of rotatable bonds is 11. The zero-order valence-electron chi connectivity index (χ0n) is 15.3. The molecule has 0 heterocycles. The van der Waals surface area contributed by atoms with Gasteiger partial charge in [-0.05, 0) is 18.8 Å². The predicted octanol–water partition coefficient (Wildman–Crippen LogP) is 3.00. The third kappa shape index (κ3) is 6.71. The van der Waals surface area contributed by atoms with Gasteiger partial charge in [0.05, 0.1) is 7.11 Å². The van der Waals surface area contributed by atoms with E-state index in [-0.39, 0.29) is 18.8 Å². The van der Waals surface area contributed by atoms with Gasteiger partial charge in [-0.1, -0.05) is 46.5 Å². The highest BCUT2D eigenvalue weighted by Crippen LogP contribution is 2.27. The molecule has 0 saturated carbocycles. The molecule has 0 fully saturated rings. The van der Waals surface area contributed by atoms with Crippen LogP contribution in [0.15, 0.2) is 0 Å². The first kappa shape index (κ1) is 22.8. The van der Waals surface area contributed by atoms with E-state index in [2.05, 4.69) is 4.74 Å². The SMILES string of the molecule is CCCCCCC(O)C(F)(F)C(=O)N(C)[C@@H](CC(C)C)C(=O)OC. The maximum Gasteiger partial charge on any atom is 0.349 e. The van der Waals surface area contributed by atoms with Crippen molar-refractivity contribution in [2.24, 2.45) is 5.92 Å². The Morgan fingerprint density at radius 2 is 1.79 bits per heavy atom. The van der Waals surface area contributed by atoms with E-state index in [0.29, 0.717) is 11.3 Å². The lowest BCUT2D eigenvalue weighted by Crippen LogP contribution is -2.54. The summed E-state index contributed by atoms with van der Waals surface area (Å²) in [5.41, 5.74) is 0. The van der Waals surface area contributed by atoms with E-state index >= 15 is 0 Å². The Kier molecular flexibility index (Phi) is 10.0. The number of likely N-dealkylation sites (N-methyl/N-ethyl adjacent to an activating group) is 1. The van der Waals surface area contributed by atoms with Gasteiger partial charge < -0.3 is 14.7 Å². The highest BCUT2D eigenvalue weighted by molar-refractivity contribution is 5.88. The molecule has 5 nitrogen and oxygen atoms in total. The number of nitrogens with zero attached hydrogens (tertiary/aromatic N) is 1. The van der Waals surface area contributed by atoms with Crippen LogP contribution in [0.2, 0.25) is 0 Å². The van der Waals surface area contributed by atoms with E-state index < -0.39 is 29.9 Å². The average Bonchev–Trinajstić information content (AvgIpc) is 2.53. The molecule has 1 amide bonds. The Hall–Kier alpha value is -1.24. The van der Waals surface area contributed by atoms with Crippen molar-refractivity contribution >= 4 is 11.9 Å². The molecule has 7 heteroatoms. The Labute approximate surface area is 143 Å². The maximum absolute atomic E-state index is 14.2.